The number of hydrogen-bond acceptors (Lipinski definition) is 2. The van der Waals surface area contributed by atoms with Gasteiger partial charge in [0.2, 0.25) is 0 Å². The summed E-state index contributed by atoms with van der Waals surface area (Å²) in [6.45, 7) is 5.97. The molecule has 0 bridgehead atoms. The molecule has 2 aliphatic rings. The second kappa shape index (κ2) is 4.90. The molecule has 2 atom stereocenters. The molecule has 0 amide bonds. The molecule has 1 N–H and O–H groups in total. The highest BCUT2D eigenvalue weighted by molar-refractivity contribution is 7.99. The zero-order chi connectivity index (χ0) is 12.6. The first-order chi connectivity index (χ1) is 8.67. The van der Waals surface area contributed by atoms with Gasteiger partial charge >= 0.3 is 0 Å². The van der Waals surface area contributed by atoms with E-state index in [4.69, 9.17) is 0 Å². The molecule has 1 nitrogen and oxygen atoms in total. The van der Waals surface area contributed by atoms with Crippen LogP contribution in [0.2, 0.25) is 0 Å². The molecule has 2 unspecified atom stereocenters. The molecular formula is C16H23NS. The lowest BCUT2D eigenvalue weighted by Crippen LogP contribution is -2.39. The highest BCUT2D eigenvalue weighted by atomic mass is 32.2. The van der Waals surface area contributed by atoms with Crippen LogP contribution in [0.1, 0.15) is 44.6 Å². The summed E-state index contributed by atoms with van der Waals surface area (Å²) in [5, 5.41) is 3.84. The summed E-state index contributed by atoms with van der Waals surface area (Å²) in [6, 6.07) is 9.62. The molecule has 0 saturated heterocycles. The van der Waals surface area contributed by atoms with Crippen molar-refractivity contribution in [2.24, 2.45) is 5.41 Å². The maximum Gasteiger partial charge on any atom is 0.0118 e. The average Bonchev–Trinajstić information content (AvgIpc) is 2.90. The third kappa shape index (κ3) is 2.33. The minimum atomic E-state index is 0.491. The van der Waals surface area contributed by atoms with Gasteiger partial charge in [-0.15, -0.1) is 11.8 Å². The van der Waals surface area contributed by atoms with Crippen LogP contribution in [0.5, 0.6) is 0 Å². The molecule has 0 radical (unpaired) electrons. The van der Waals surface area contributed by atoms with Gasteiger partial charge in [0.15, 0.2) is 0 Å². The molecule has 1 heterocycles. The van der Waals surface area contributed by atoms with Gasteiger partial charge in [-0.05, 0) is 29.9 Å². The molecule has 1 aromatic rings. The van der Waals surface area contributed by atoms with Crippen molar-refractivity contribution in [2.75, 3.05) is 12.3 Å². The van der Waals surface area contributed by atoms with Gasteiger partial charge in [-0.2, -0.15) is 0 Å². The van der Waals surface area contributed by atoms with Crippen molar-refractivity contribution < 1.29 is 0 Å². The van der Waals surface area contributed by atoms with Crippen LogP contribution in [-0.4, -0.2) is 18.3 Å². The third-order valence-corrected chi connectivity index (χ3v) is 5.92. The van der Waals surface area contributed by atoms with Gasteiger partial charge in [-0.3, -0.25) is 0 Å². The number of benzene rings is 1. The van der Waals surface area contributed by atoms with E-state index in [0.29, 0.717) is 11.3 Å². The summed E-state index contributed by atoms with van der Waals surface area (Å²) < 4.78 is 0. The van der Waals surface area contributed by atoms with Crippen molar-refractivity contribution in [3.05, 3.63) is 29.8 Å². The number of hydrogen-bond donors (Lipinski definition) is 1. The molecule has 1 saturated carbocycles. The van der Waals surface area contributed by atoms with E-state index in [0.717, 1.165) is 12.6 Å². The molecule has 1 aliphatic heterocycles. The van der Waals surface area contributed by atoms with Crippen LogP contribution in [0.15, 0.2) is 29.2 Å². The fourth-order valence-corrected chi connectivity index (χ4v) is 4.64. The van der Waals surface area contributed by atoms with Crippen LogP contribution in [0, 0.1) is 5.41 Å². The largest absolute Gasteiger partial charge is 0.313 e. The number of nitrogens with one attached hydrogen (secondary N) is 1. The second-order valence-electron chi connectivity index (χ2n) is 6.39. The highest BCUT2D eigenvalue weighted by Crippen LogP contribution is 2.40. The van der Waals surface area contributed by atoms with E-state index < -0.39 is 0 Å². The van der Waals surface area contributed by atoms with Crippen LogP contribution in [0.3, 0.4) is 0 Å². The van der Waals surface area contributed by atoms with Crippen molar-refractivity contribution >= 4 is 11.8 Å². The van der Waals surface area contributed by atoms with E-state index in [9.17, 15) is 0 Å². The Bertz CT molecular complexity index is 427. The van der Waals surface area contributed by atoms with Gasteiger partial charge in [0.05, 0.1) is 0 Å². The Morgan fingerprint density at radius 3 is 2.94 bits per heavy atom. The minimum absolute atomic E-state index is 0.491. The van der Waals surface area contributed by atoms with E-state index in [1.54, 1.807) is 5.56 Å². The van der Waals surface area contributed by atoms with E-state index in [1.807, 2.05) is 11.8 Å². The van der Waals surface area contributed by atoms with Gasteiger partial charge in [0.25, 0.3) is 0 Å². The zero-order valence-electron chi connectivity index (χ0n) is 11.4. The number of rotatable bonds is 3. The molecule has 98 valence electrons. The lowest BCUT2D eigenvalue weighted by Gasteiger charge is -2.29. The Morgan fingerprint density at radius 2 is 2.17 bits per heavy atom. The van der Waals surface area contributed by atoms with E-state index in [1.165, 1.54) is 29.9 Å². The van der Waals surface area contributed by atoms with Crippen LogP contribution in [-0.2, 0) is 0 Å². The predicted octanol–water partition coefficient (Wildman–Crippen LogP) is 4.04. The molecule has 1 aliphatic carbocycles. The van der Waals surface area contributed by atoms with Gasteiger partial charge in [0.1, 0.15) is 0 Å². The van der Waals surface area contributed by atoms with Crippen LogP contribution in [0.25, 0.3) is 0 Å². The SMILES string of the molecule is CC1(C)CCCC1NCC1CSc2ccccc21. The molecule has 1 aromatic carbocycles. The first kappa shape index (κ1) is 12.6. The monoisotopic (exact) mass is 261 g/mol. The van der Waals surface area contributed by atoms with Crippen molar-refractivity contribution in [3.63, 3.8) is 0 Å². The second-order valence-corrected chi connectivity index (χ2v) is 7.45. The summed E-state index contributed by atoms with van der Waals surface area (Å²) in [6.07, 6.45) is 4.12. The lowest BCUT2D eigenvalue weighted by atomic mass is 9.87. The Balaban J connectivity index is 1.62. The number of fused-ring (bicyclic) bond motifs is 1. The van der Waals surface area contributed by atoms with Gasteiger partial charge < -0.3 is 5.32 Å². The fourth-order valence-electron chi connectivity index (χ4n) is 3.39. The van der Waals surface area contributed by atoms with Gasteiger partial charge in [0, 0.05) is 29.2 Å². The van der Waals surface area contributed by atoms with Crippen molar-refractivity contribution in [1.82, 2.24) is 5.32 Å². The van der Waals surface area contributed by atoms with Crippen molar-refractivity contribution in [1.29, 1.82) is 0 Å². The fraction of sp³-hybridized carbons (Fsp3) is 0.625. The van der Waals surface area contributed by atoms with Gasteiger partial charge in [-0.25, -0.2) is 0 Å². The molecule has 3 rings (SSSR count). The highest BCUT2D eigenvalue weighted by Gasteiger charge is 2.34. The first-order valence-electron chi connectivity index (χ1n) is 7.12. The minimum Gasteiger partial charge on any atom is -0.313 e. The topological polar surface area (TPSA) is 12.0 Å². The summed E-state index contributed by atoms with van der Waals surface area (Å²) in [5.74, 6) is 1.96. The lowest BCUT2D eigenvalue weighted by molar-refractivity contribution is 0.281. The van der Waals surface area contributed by atoms with Crippen LogP contribution in [0.4, 0.5) is 0 Å². The summed E-state index contributed by atoms with van der Waals surface area (Å²) in [7, 11) is 0. The summed E-state index contributed by atoms with van der Waals surface area (Å²) in [4.78, 5) is 1.50. The first-order valence-corrected chi connectivity index (χ1v) is 8.10. The standard InChI is InChI=1S/C16H23NS/c1-16(2)9-5-8-15(16)17-10-12-11-18-14-7-4-3-6-13(12)14/h3-4,6-7,12,15,17H,5,8-11H2,1-2H3. The smallest absolute Gasteiger partial charge is 0.0118 e. The third-order valence-electron chi connectivity index (χ3n) is 4.67. The molecular weight excluding hydrogens is 238 g/mol. The predicted molar refractivity (Wildman–Crippen MR) is 79.3 cm³/mol. The Hall–Kier alpha value is -0.470. The van der Waals surface area contributed by atoms with Crippen molar-refractivity contribution in [2.45, 2.75) is 50.0 Å². The zero-order valence-corrected chi connectivity index (χ0v) is 12.2. The molecule has 0 spiro atoms. The van der Waals surface area contributed by atoms with E-state index >= 15 is 0 Å². The Morgan fingerprint density at radius 1 is 1.33 bits per heavy atom. The maximum atomic E-state index is 3.84. The van der Waals surface area contributed by atoms with Crippen LogP contribution < -0.4 is 5.32 Å². The molecule has 18 heavy (non-hydrogen) atoms. The van der Waals surface area contributed by atoms with Gasteiger partial charge in [-0.1, -0.05) is 38.5 Å². The molecule has 1 fully saturated rings. The maximum absolute atomic E-state index is 3.84. The average molecular weight is 261 g/mol. The van der Waals surface area contributed by atoms with Crippen molar-refractivity contribution in [3.8, 4) is 0 Å². The normalized spacial score (nSPS) is 29.4. The Kier molecular flexibility index (Phi) is 3.42. The molecule has 0 aromatic heterocycles. The number of thioether (sulfide) groups is 1. The summed E-state index contributed by atoms with van der Waals surface area (Å²) in [5.41, 5.74) is 2.05. The molecule has 2 heteroatoms. The van der Waals surface area contributed by atoms with E-state index in [-0.39, 0.29) is 0 Å². The Labute approximate surface area is 115 Å². The summed E-state index contributed by atoms with van der Waals surface area (Å²) >= 11 is 2.02. The van der Waals surface area contributed by atoms with E-state index in [2.05, 4.69) is 43.4 Å². The quantitative estimate of drug-likeness (QED) is 0.881. The van der Waals surface area contributed by atoms with Crippen LogP contribution >= 0.6 is 11.8 Å².